The van der Waals surface area contributed by atoms with E-state index in [1.165, 1.54) is 31.7 Å². The van der Waals surface area contributed by atoms with Crippen LogP contribution in [0.4, 0.5) is 15.0 Å². The van der Waals surface area contributed by atoms with Gasteiger partial charge in [0, 0.05) is 13.2 Å². The van der Waals surface area contributed by atoms with Crippen LogP contribution in [-0.4, -0.2) is 38.2 Å². The minimum Gasteiger partial charge on any atom is -0.502 e. The smallest absolute Gasteiger partial charge is 0.293 e. The normalized spacial score (nSPS) is 16.7. The van der Waals surface area contributed by atoms with E-state index < -0.39 is 28.8 Å². The van der Waals surface area contributed by atoms with Crippen molar-refractivity contribution < 1.29 is 23.8 Å². The first-order valence-electron chi connectivity index (χ1n) is 7.85. The number of anilines is 1. The number of imide groups is 1. The predicted molar refractivity (Wildman–Crippen MR) is 105 cm³/mol. The van der Waals surface area contributed by atoms with Gasteiger partial charge in [-0.2, -0.15) is 0 Å². The van der Waals surface area contributed by atoms with Crippen LogP contribution in [0.15, 0.2) is 28.0 Å². The summed E-state index contributed by atoms with van der Waals surface area (Å²) in [5, 5.41) is 9.68. The van der Waals surface area contributed by atoms with E-state index in [4.69, 9.17) is 10.5 Å². The van der Waals surface area contributed by atoms with Gasteiger partial charge in [-0.25, -0.2) is 14.4 Å². The Labute approximate surface area is 171 Å². The van der Waals surface area contributed by atoms with Crippen LogP contribution in [0, 0.1) is 5.82 Å². The molecule has 2 aromatic rings. The van der Waals surface area contributed by atoms with Crippen molar-refractivity contribution in [3.63, 3.8) is 0 Å². The second kappa shape index (κ2) is 7.76. The number of hydrogen-bond acceptors (Lipinski definition) is 8. The van der Waals surface area contributed by atoms with Crippen molar-refractivity contribution in [1.29, 1.82) is 0 Å². The van der Waals surface area contributed by atoms with Crippen molar-refractivity contribution in [2.45, 2.75) is 13.0 Å². The van der Waals surface area contributed by atoms with E-state index >= 15 is 0 Å². The number of halogens is 2. The third-order valence-electron chi connectivity index (χ3n) is 3.96. The van der Waals surface area contributed by atoms with Crippen LogP contribution < -0.4 is 10.5 Å². The third-order valence-corrected chi connectivity index (χ3v) is 5.73. The zero-order valence-corrected chi connectivity index (χ0v) is 17.0. The highest BCUT2D eigenvalue weighted by Crippen LogP contribution is 2.41. The lowest BCUT2D eigenvalue weighted by Gasteiger charge is -2.18. The number of benzene rings is 1. The summed E-state index contributed by atoms with van der Waals surface area (Å²) < 4.78 is 20.1. The lowest BCUT2D eigenvalue weighted by molar-refractivity contribution is -0.121. The first kappa shape index (κ1) is 20.1. The number of amides is 2. The van der Waals surface area contributed by atoms with Gasteiger partial charge >= 0.3 is 0 Å². The average molecular weight is 469 g/mol. The Bertz CT molecular complexity index is 1020. The maximum atomic E-state index is 14.5. The number of rotatable bonds is 4. The van der Waals surface area contributed by atoms with Crippen molar-refractivity contribution in [3.05, 3.63) is 44.9 Å². The summed E-state index contributed by atoms with van der Waals surface area (Å²) in [5.74, 6) is -2.16. The molecular formula is C17H14BrFN4O4S. The first-order valence-corrected chi connectivity index (χ1v) is 9.46. The van der Waals surface area contributed by atoms with Crippen LogP contribution in [-0.2, 0) is 4.79 Å². The molecule has 8 nitrogen and oxygen atoms in total. The lowest BCUT2D eigenvalue weighted by atomic mass is 10.1. The molecule has 1 aliphatic heterocycles. The molecule has 1 aromatic carbocycles. The number of nitrogens with two attached hydrogens (primary N) is 1. The number of carbonyl (C=O) groups is 2. The number of phenols is 1. The van der Waals surface area contributed by atoms with Crippen molar-refractivity contribution in [2.75, 3.05) is 12.8 Å². The van der Waals surface area contributed by atoms with Crippen molar-refractivity contribution in [3.8, 4) is 11.5 Å². The predicted octanol–water partition coefficient (Wildman–Crippen LogP) is 3.47. The molecule has 0 spiro atoms. The van der Waals surface area contributed by atoms with Gasteiger partial charge in [0.15, 0.2) is 17.3 Å². The summed E-state index contributed by atoms with van der Waals surface area (Å²) in [7, 11) is 1.35. The van der Waals surface area contributed by atoms with Gasteiger partial charge in [-0.3, -0.25) is 14.5 Å². The van der Waals surface area contributed by atoms with Crippen molar-refractivity contribution >= 4 is 50.7 Å². The van der Waals surface area contributed by atoms with Crippen molar-refractivity contribution in [2.24, 2.45) is 0 Å². The number of carbonyl (C=O) groups excluding carboxylic acids is 2. The van der Waals surface area contributed by atoms with Gasteiger partial charge < -0.3 is 15.6 Å². The van der Waals surface area contributed by atoms with Crippen LogP contribution in [0.2, 0.25) is 0 Å². The van der Waals surface area contributed by atoms with Gasteiger partial charge in [0.2, 0.25) is 0 Å². The Balaban J connectivity index is 1.99. The topological polar surface area (TPSA) is 119 Å². The molecule has 0 aliphatic carbocycles. The lowest BCUT2D eigenvalue weighted by Crippen LogP contribution is -2.22. The molecule has 2 amide bonds. The number of aromatic nitrogens is 2. The minimum absolute atomic E-state index is 0.0736. The molecule has 3 N–H and O–H groups in total. The van der Waals surface area contributed by atoms with Crippen LogP contribution in [0.3, 0.4) is 0 Å². The molecule has 1 aliphatic rings. The van der Waals surface area contributed by atoms with E-state index in [1.54, 1.807) is 6.92 Å². The fourth-order valence-electron chi connectivity index (χ4n) is 2.41. The molecule has 0 bridgehead atoms. The summed E-state index contributed by atoms with van der Waals surface area (Å²) in [6.07, 6.45) is 3.39. The Hall–Kier alpha value is -2.66. The number of nitrogen functional groups attached to an aromatic ring is 1. The number of likely N-dealkylation sites (N-methyl/N-ethyl adjacent to an activating group) is 1. The molecular weight excluding hydrogens is 455 g/mol. The van der Waals surface area contributed by atoms with Gasteiger partial charge in [0.1, 0.15) is 18.2 Å². The number of ether oxygens (including phenoxy) is 1. The first-order chi connectivity index (χ1) is 13.2. The minimum atomic E-state index is -0.969. The van der Waals surface area contributed by atoms with E-state index in [-0.39, 0.29) is 26.5 Å². The molecule has 1 atom stereocenters. The van der Waals surface area contributed by atoms with Gasteiger partial charge in [0.05, 0.1) is 14.9 Å². The quantitative estimate of drug-likeness (QED) is 0.654. The van der Waals surface area contributed by atoms with Gasteiger partial charge in [-0.1, -0.05) is 0 Å². The molecule has 11 heteroatoms. The standard InChI is InChI=1S/C17H14BrFN4O4S/c1-7(9-5-21-6-22-15(9)20)27-10-3-8(12(18)13(19)14(10)24)4-11-16(25)23(2)17(26)28-11/h3-7,24H,1-2H3,(H2,20,21,22)/b11-4-. The molecule has 28 heavy (non-hydrogen) atoms. The molecule has 1 aromatic heterocycles. The number of nitrogens with zero attached hydrogens (tertiary/aromatic N) is 3. The summed E-state index contributed by atoms with van der Waals surface area (Å²) >= 11 is 3.78. The molecule has 1 saturated heterocycles. The van der Waals surface area contributed by atoms with E-state index in [0.29, 0.717) is 5.56 Å². The summed E-state index contributed by atoms with van der Waals surface area (Å²) in [4.78, 5) is 32.5. The van der Waals surface area contributed by atoms with Crippen LogP contribution in [0.5, 0.6) is 11.5 Å². The molecule has 3 rings (SSSR count). The maximum Gasteiger partial charge on any atom is 0.293 e. The zero-order valence-electron chi connectivity index (χ0n) is 14.6. The molecule has 1 fully saturated rings. The van der Waals surface area contributed by atoms with E-state index in [9.17, 15) is 19.1 Å². The van der Waals surface area contributed by atoms with Crippen molar-refractivity contribution in [1.82, 2.24) is 14.9 Å². The number of thioether (sulfide) groups is 1. The largest absolute Gasteiger partial charge is 0.502 e. The van der Waals surface area contributed by atoms with Crippen LogP contribution in [0.25, 0.3) is 6.08 Å². The summed E-state index contributed by atoms with van der Waals surface area (Å²) in [6.45, 7) is 1.64. The average Bonchev–Trinajstić information content (AvgIpc) is 2.90. The molecule has 146 valence electrons. The van der Waals surface area contributed by atoms with E-state index in [0.717, 1.165) is 16.7 Å². The monoisotopic (exact) mass is 468 g/mol. The molecule has 1 unspecified atom stereocenters. The van der Waals surface area contributed by atoms with Gasteiger partial charge in [0.25, 0.3) is 11.1 Å². The Morgan fingerprint density at radius 1 is 1.46 bits per heavy atom. The second-order valence-corrected chi connectivity index (χ2v) is 7.59. The Morgan fingerprint density at radius 3 is 2.79 bits per heavy atom. The van der Waals surface area contributed by atoms with Crippen LogP contribution >= 0.6 is 27.7 Å². The molecule has 0 radical (unpaired) electrons. The van der Waals surface area contributed by atoms with Gasteiger partial charge in [-0.05, 0) is 52.3 Å². The Morgan fingerprint density at radius 2 is 2.18 bits per heavy atom. The Kier molecular flexibility index (Phi) is 5.57. The van der Waals surface area contributed by atoms with Crippen LogP contribution in [0.1, 0.15) is 24.2 Å². The number of phenolic OH excluding ortho intramolecular Hbond substituents is 1. The third kappa shape index (κ3) is 3.67. The highest BCUT2D eigenvalue weighted by atomic mass is 79.9. The fraction of sp³-hybridized carbons (Fsp3) is 0.176. The maximum absolute atomic E-state index is 14.5. The van der Waals surface area contributed by atoms with Gasteiger partial charge in [-0.15, -0.1) is 0 Å². The highest BCUT2D eigenvalue weighted by molar-refractivity contribution is 9.10. The highest BCUT2D eigenvalue weighted by Gasteiger charge is 2.32. The summed E-state index contributed by atoms with van der Waals surface area (Å²) in [6, 6.07) is 1.35. The van der Waals surface area contributed by atoms with E-state index in [2.05, 4.69) is 25.9 Å². The number of aromatic hydroxyl groups is 1. The molecule has 0 saturated carbocycles. The second-order valence-electron chi connectivity index (χ2n) is 5.80. The number of hydrogen-bond donors (Lipinski definition) is 2. The zero-order chi connectivity index (χ0) is 20.6. The fourth-order valence-corrected chi connectivity index (χ4v) is 3.65. The summed E-state index contributed by atoms with van der Waals surface area (Å²) in [5.41, 5.74) is 6.46. The van der Waals surface area contributed by atoms with E-state index in [1.807, 2.05) is 0 Å². The molecule has 2 heterocycles. The SMILES string of the molecule is CC(Oc1cc(/C=C2\SC(=O)N(C)C2=O)c(Br)c(F)c1O)c1cncnc1N.